The molecule has 0 spiro atoms. The summed E-state index contributed by atoms with van der Waals surface area (Å²) in [7, 11) is 3.98. The van der Waals surface area contributed by atoms with Crippen molar-refractivity contribution in [3.05, 3.63) is 29.8 Å². The fraction of sp³-hybridized carbons (Fsp3) is 0.500. The SMILES string of the molecule is CN(CCO)Cc1ccc(N(C)CCC#N)cc1. The molecule has 18 heavy (non-hydrogen) atoms. The summed E-state index contributed by atoms with van der Waals surface area (Å²) in [4.78, 5) is 4.15. The van der Waals surface area contributed by atoms with E-state index in [0.29, 0.717) is 13.0 Å². The van der Waals surface area contributed by atoms with Crippen molar-refractivity contribution in [2.24, 2.45) is 0 Å². The molecule has 0 aliphatic heterocycles. The first-order valence-corrected chi connectivity index (χ1v) is 6.14. The van der Waals surface area contributed by atoms with E-state index in [9.17, 15) is 0 Å². The zero-order valence-corrected chi connectivity index (χ0v) is 11.1. The summed E-state index contributed by atoms with van der Waals surface area (Å²) < 4.78 is 0. The molecule has 0 saturated heterocycles. The van der Waals surface area contributed by atoms with Crippen LogP contribution in [0.15, 0.2) is 24.3 Å². The molecular weight excluding hydrogens is 226 g/mol. The van der Waals surface area contributed by atoms with Crippen LogP contribution in [0.1, 0.15) is 12.0 Å². The Morgan fingerprint density at radius 1 is 1.17 bits per heavy atom. The first kappa shape index (κ1) is 14.5. The third-order valence-electron chi connectivity index (χ3n) is 2.87. The van der Waals surface area contributed by atoms with Crippen LogP contribution in [0.4, 0.5) is 5.69 Å². The number of benzene rings is 1. The van der Waals surface area contributed by atoms with Crippen molar-refractivity contribution >= 4 is 5.69 Å². The second-order valence-corrected chi connectivity index (χ2v) is 4.46. The Hall–Kier alpha value is -1.57. The van der Waals surface area contributed by atoms with Gasteiger partial charge in [0, 0.05) is 32.4 Å². The van der Waals surface area contributed by atoms with Gasteiger partial charge in [-0.1, -0.05) is 12.1 Å². The maximum atomic E-state index is 8.84. The van der Waals surface area contributed by atoms with Crippen LogP contribution in [0, 0.1) is 11.3 Å². The smallest absolute Gasteiger partial charge is 0.0640 e. The zero-order chi connectivity index (χ0) is 13.4. The Morgan fingerprint density at radius 3 is 2.39 bits per heavy atom. The van der Waals surface area contributed by atoms with Crippen LogP contribution in [0.25, 0.3) is 0 Å². The third kappa shape index (κ3) is 4.74. The molecule has 1 rings (SSSR count). The molecule has 0 heterocycles. The standard InChI is InChI=1S/C14H21N3O/c1-16(10-11-18)12-13-4-6-14(7-5-13)17(2)9-3-8-15/h4-7,18H,3,9-12H2,1-2H3. The first-order chi connectivity index (χ1) is 8.67. The Kier molecular flexibility index (Phi) is 6.20. The van der Waals surface area contributed by atoms with Gasteiger partial charge in [-0.25, -0.2) is 0 Å². The second kappa shape index (κ2) is 7.70. The fourth-order valence-electron chi connectivity index (χ4n) is 1.76. The van der Waals surface area contributed by atoms with Crippen LogP contribution in [0.5, 0.6) is 0 Å². The van der Waals surface area contributed by atoms with Crippen molar-refractivity contribution in [1.29, 1.82) is 5.26 Å². The van der Waals surface area contributed by atoms with Gasteiger partial charge in [0.2, 0.25) is 0 Å². The largest absolute Gasteiger partial charge is 0.395 e. The maximum absolute atomic E-state index is 8.84. The summed E-state index contributed by atoms with van der Waals surface area (Å²) in [6.07, 6.45) is 0.539. The molecule has 1 aromatic carbocycles. The number of nitrogens with zero attached hydrogens (tertiary/aromatic N) is 3. The molecule has 1 N–H and O–H groups in total. The minimum absolute atomic E-state index is 0.186. The molecule has 1 aromatic rings. The zero-order valence-electron chi connectivity index (χ0n) is 11.1. The quantitative estimate of drug-likeness (QED) is 0.792. The van der Waals surface area contributed by atoms with Crippen LogP contribution in [0.3, 0.4) is 0 Å². The van der Waals surface area contributed by atoms with E-state index in [1.165, 1.54) is 5.56 Å². The predicted octanol–water partition coefficient (Wildman–Crippen LogP) is 1.46. The van der Waals surface area contributed by atoms with Gasteiger partial charge in [0.05, 0.1) is 19.1 Å². The van der Waals surface area contributed by atoms with E-state index >= 15 is 0 Å². The molecule has 0 radical (unpaired) electrons. The normalized spacial score (nSPS) is 10.4. The van der Waals surface area contributed by atoms with Gasteiger partial charge in [-0.15, -0.1) is 0 Å². The number of hydrogen-bond donors (Lipinski definition) is 1. The van der Waals surface area contributed by atoms with E-state index in [-0.39, 0.29) is 6.61 Å². The molecule has 4 nitrogen and oxygen atoms in total. The predicted molar refractivity (Wildman–Crippen MR) is 73.4 cm³/mol. The average Bonchev–Trinajstić information content (AvgIpc) is 2.37. The van der Waals surface area contributed by atoms with E-state index in [2.05, 4.69) is 40.1 Å². The molecule has 0 fully saturated rings. The van der Waals surface area contributed by atoms with Gasteiger partial charge >= 0.3 is 0 Å². The van der Waals surface area contributed by atoms with Gasteiger partial charge in [0.15, 0.2) is 0 Å². The minimum Gasteiger partial charge on any atom is -0.395 e. The van der Waals surface area contributed by atoms with Crippen molar-refractivity contribution in [3.8, 4) is 6.07 Å². The monoisotopic (exact) mass is 247 g/mol. The Labute approximate surface area is 109 Å². The topological polar surface area (TPSA) is 50.5 Å². The first-order valence-electron chi connectivity index (χ1n) is 6.14. The van der Waals surface area contributed by atoms with Crippen molar-refractivity contribution in [3.63, 3.8) is 0 Å². The summed E-state index contributed by atoms with van der Waals surface area (Å²) in [5.41, 5.74) is 2.35. The lowest BCUT2D eigenvalue weighted by molar-refractivity contribution is 0.217. The number of rotatable bonds is 7. The van der Waals surface area contributed by atoms with Gasteiger partial charge in [0.1, 0.15) is 0 Å². The summed E-state index contributed by atoms with van der Waals surface area (Å²) >= 11 is 0. The summed E-state index contributed by atoms with van der Waals surface area (Å²) in [5.74, 6) is 0. The Balaban J connectivity index is 2.54. The highest BCUT2D eigenvalue weighted by atomic mass is 16.3. The van der Waals surface area contributed by atoms with Crippen molar-refractivity contribution in [1.82, 2.24) is 4.90 Å². The molecule has 0 bridgehead atoms. The molecule has 98 valence electrons. The lowest BCUT2D eigenvalue weighted by Crippen LogP contribution is -2.21. The fourth-order valence-corrected chi connectivity index (χ4v) is 1.76. The van der Waals surface area contributed by atoms with Gasteiger partial charge in [0.25, 0.3) is 0 Å². The summed E-state index contributed by atoms with van der Waals surface area (Å²) in [6, 6.07) is 10.5. The molecule has 0 aliphatic rings. The van der Waals surface area contributed by atoms with E-state index in [1.807, 2.05) is 14.1 Å². The highest BCUT2D eigenvalue weighted by Gasteiger charge is 2.02. The van der Waals surface area contributed by atoms with Gasteiger partial charge in [-0.05, 0) is 24.7 Å². The molecule has 0 saturated carbocycles. The van der Waals surface area contributed by atoms with Crippen LogP contribution in [-0.2, 0) is 6.54 Å². The van der Waals surface area contributed by atoms with Crippen molar-refractivity contribution < 1.29 is 5.11 Å². The van der Waals surface area contributed by atoms with Crippen LogP contribution >= 0.6 is 0 Å². The minimum atomic E-state index is 0.186. The molecule has 0 aliphatic carbocycles. The van der Waals surface area contributed by atoms with E-state index in [1.54, 1.807) is 0 Å². The van der Waals surface area contributed by atoms with Gasteiger partial charge in [-0.2, -0.15) is 5.26 Å². The molecule has 0 amide bonds. The van der Waals surface area contributed by atoms with E-state index < -0.39 is 0 Å². The maximum Gasteiger partial charge on any atom is 0.0640 e. The molecular formula is C14H21N3O. The molecule has 4 heteroatoms. The lowest BCUT2D eigenvalue weighted by atomic mass is 10.2. The lowest BCUT2D eigenvalue weighted by Gasteiger charge is -2.19. The van der Waals surface area contributed by atoms with E-state index in [4.69, 9.17) is 10.4 Å². The molecule has 0 unspecified atom stereocenters. The Bertz CT molecular complexity index is 383. The third-order valence-corrected chi connectivity index (χ3v) is 2.87. The summed E-state index contributed by atoms with van der Waals surface area (Å²) in [6.45, 7) is 2.46. The van der Waals surface area contributed by atoms with Crippen LogP contribution in [-0.4, -0.2) is 43.8 Å². The highest BCUT2D eigenvalue weighted by Crippen LogP contribution is 2.14. The summed E-state index contributed by atoms with van der Waals surface area (Å²) in [5, 5.41) is 17.4. The number of aliphatic hydroxyl groups is 1. The molecule has 0 atom stereocenters. The molecule has 0 aromatic heterocycles. The number of aliphatic hydroxyl groups excluding tert-OH is 1. The number of hydrogen-bond acceptors (Lipinski definition) is 4. The van der Waals surface area contributed by atoms with Crippen molar-refractivity contribution in [2.75, 3.05) is 38.7 Å². The van der Waals surface area contributed by atoms with Gasteiger partial charge in [-0.3, -0.25) is 4.90 Å². The Morgan fingerprint density at radius 2 is 1.83 bits per heavy atom. The number of anilines is 1. The average molecular weight is 247 g/mol. The van der Waals surface area contributed by atoms with Crippen LogP contribution in [0.2, 0.25) is 0 Å². The number of nitriles is 1. The number of likely N-dealkylation sites (N-methyl/N-ethyl adjacent to an activating group) is 1. The van der Waals surface area contributed by atoms with Crippen molar-refractivity contribution in [2.45, 2.75) is 13.0 Å². The second-order valence-electron chi connectivity index (χ2n) is 4.46. The van der Waals surface area contributed by atoms with Gasteiger partial charge < -0.3 is 10.0 Å². The highest BCUT2D eigenvalue weighted by molar-refractivity contribution is 5.46. The van der Waals surface area contributed by atoms with Crippen LogP contribution < -0.4 is 4.90 Å². The van der Waals surface area contributed by atoms with E-state index in [0.717, 1.165) is 18.8 Å².